The lowest BCUT2D eigenvalue weighted by Crippen LogP contribution is -2.43. The number of benzene rings is 3. The van der Waals surface area contributed by atoms with Crippen molar-refractivity contribution in [1.29, 1.82) is 0 Å². The summed E-state index contributed by atoms with van der Waals surface area (Å²) < 4.78 is 1.16. The van der Waals surface area contributed by atoms with Gasteiger partial charge in [-0.05, 0) is 67.1 Å². The van der Waals surface area contributed by atoms with Crippen LogP contribution in [0.1, 0.15) is 36.0 Å². The van der Waals surface area contributed by atoms with Crippen LogP contribution in [0.2, 0.25) is 0 Å². The SMILES string of the molecule is Cc1c(-c2ccccc2)cccc1-c1nc2c(C)cc(CN3CCCC[C@H]3C(=O)O)cc2s1. The highest BCUT2D eigenvalue weighted by Crippen LogP contribution is 2.37. The Bertz CT molecular complexity index is 1310. The van der Waals surface area contributed by atoms with Crippen LogP contribution in [0.3, 0.4) is 0 Å². The van der Waals surface area contributed by atoms with E-state index in [1.165, 1.54) is 22.3 Å². The maximum Gasteiger partial charge on any atom is 0.320 e. The summed E-state index contributed by atoms with van der Waals surface area (Å²) in [6, 6.07) is 20.9. The first kappa shape index (κ1) is 21.8. The fourth-order valence-electron chi connectivity index (χ4n) is 4.97. The lowest BCUT2D eigenvalue weighted by atomic mass is 9.97. The van der Waals surface area contributed by atoms with Crippen molar-refractivity contribution in [3.05, 3.63) is 77.4 Å². The lowest BCUT2D eigenvalue weighted by Gasteiger charge is -2.32. The maximum atomic E-state index is 11.7. The largest absolute Gasteiger partial charge is 0.480 e. The fourth-order valence-corrected chi connectivity index (χ4v) is 6.16. The minimum absolute atomic E-state index is 0.379. The van der Waals surface area contributed by atoms with Gasteiger partial charge in [-0.25, -0.2) is 4.98 Å². The number of carbonyl (C=O) groups is 1. The number of nitrogens with zero attached hydrogens (tertiary/aromatic N) is 2. The number of thiazole rings is 1. The van der Waals surface area contributed by atoms with E-state index >= 15 is 0 Å². The predicted octanol–water partition coefficient (Wildman–Crippen LogP) is 6.69. The molecule has 0 radical (unpaired) electrons. The minimum atomic E-state index is -0.707. The number of likely N-dealkylation sites (tertiary alicyclic amines) is 1. The average Bonchev–Trinajstić information content (AvgIpc) is 3.24. The van der Waals surface area contributed by atoms with Gasteiger partial charge in [-0.2, -0.15) is 0 Å². The zero-order valence-electron chi connectivity index (χ0n) is 19.0. The van der Waals surface area contributed by atoms with Crippen LogP contribution in [0.25, 0.3) is 31.9 Å². The Morgan fingerprint density at radius 3 is 2.64 bits per heavy atom. The molecule has 1 atom stereocenters. The van der Waals surface area contributed by atoms with Crippen LogP contribution in [0.4, 0.5) is 0 Å². The van der Waals surface area contributed by atoms with E-state index in [4.69, 9.17) is 4.98 Å². The van der Waals surface area contributed by atoms with Crippen molar-refractivity contribution in [3.8, 4) is 21.7 Å². The monoisotopic (exact) mass is 456 g/mol. The molecule has 168 valence electrons. The topological polar surface area (TPSA) is 53.4 Å². The number of carboxylic acids is 1. The molecule has 0 spiro atoms. The summed E-state index contributed by atoms with van der Waals surface area (Å²) in [6.07, 6.45) is 2.79. The molecule has 3 aromatic carbocycles. The first-order chi connectivity index (χ1) is 16.0. The van der Waals surface area contributed by atoms with Gasteiger partial charge < -0.3 is 5.11 Å². The molecule has 0 aliphatic carbocycles. The van der Waals surface area contributed by atoms with Crippen LogP contribution in [-0.2, 0) is 11.3 Å². The molecule has 2 heterocycles. The standard InChI is InChI=1S/C28H28N2O2S/c1-18-15-20(17-30-14-7-6-13-24(30)28(31)32)16-25-26(18)29-27(33-25)23-12-8-11-22(19(23)2)21-9-4-3-5-10-21/h3-5,8-12,15-16,24H,6-7,13-14,17H2,1-2H3,(H,31,32)/t24-/m0/s1. The van der Waals surface area contributed by atoms with Crippen LogP contribution < -0.4 is 0 Å². The van der Waals surface area contributed by atoms with E-state index in [1.807, 2.05) is 6.07 Å². The van der Waals surface area contributed by atoms with Gasteiger partial charge in [0.05, 0.1) is 10.2 Å². The summed E-state index contributed by atoms with van der Waals surface area (Å²) in [5.41, 5.74) is 8.19. The highest BCUT2D eigenvalue weighted by Gasteiger charge is 2.28. The smallest absolute Gasteiger partial charge is 0.320 e. The van der Waals surface area contributed by atoms with E-state index in [0.29, 0.717) is 6.54 Å². The van der Waals surface area contributed by atoms with E-state index in [9.17, 15) is 9.90 Å². The first-order valence-electron chi connectivity index (χ1n) is 11.5. The Morgan fingerprint density at radius 2 is 1.85 bits per heavy atom. The predicted molar refractivity (Wildman–Crippen MR) is 136 cm³/mol. The average molecular weight is 457 g/mol. The van der Waals surface area contributed by atoms with Crippen LogP contribution in [0.15, 0.2) is 60.7 Å². The molecular formula is C28H28N2O2S. The Kier molecular flexibility index (Phi) is 6.00. The van der Waals surface area contributed by atoms with E-state index in [1.54, 1.807) is 11.3 Å². The first-order valence-corrected chi connectivity index (χ1v) is 12.4. The van der Waals surface area contributed by atoms with Crippen LogP contribution >= 0.6 is 11.3 Å². The molecule has 1 aromatic heterocycles. The van der Waals surface area contributed by atoms with Crippen LogP contribution in [-0.4, -0.2) is 33.5 Å². The molecule has 0 unspecified atom stereocenters. The number of aryl methyl sites for hydroxylation is 1. The number of aromatic nitrogens is 1. The normalized spacial score (nSPS) is 16.8. The van der Waals surface area contributed by atoms with Crippen molar-refractivity contribution in [2.75, 3.05) is 6.54 Å². The third-order valence-corrected chi connectivity index (χ3v) is 7.71. The summed E-state index contributed by atoms with van der Waals surface area (Å²) in [5, 5.41) is 10.7. The van der Waals surface area contributed by atoms with Gasteiger partial charge in [0.2, 0.25) is 0 Å². The summed E-state index contributed by atoms with van der Waals surface area (Å²) in [6.45, 7) is 5.79. The Labute approximate surface area is 198 Å². The molecule has 0 amide bonds. The van der Waals surface area contributed by atoms with Crippen molar-refractivity contribution < 1.29 is 9.90 Å². The van der Waals surface area contributed by atoms with Gasteiger partial charge in [0.25, 0.3) is 0 Å². The van der Waals surface area contributed by atoms with Gasteiger partial charge in [-0.15, -0.1) is 11.3 Å². The Hall–Kier alpha value is -3.02. The summed E-state index contributed by atoms with van der Waals surface area (Å²) in [7, 11) is 0. The summed E-state index contributed by atoms with van der Waals surface area (Å²) in [4.78, 5) is 18.8. The van der Waals surface area contributed by atoms with Gasteiger partial charge in [-0.1, -0.05) is 61.0 Å². The second-order valence-electron chi connectivity index (χ2n) is 8.94. The Balaban J connectivity index is 1.50. The molecule has 33 heavy (non-hydrogen) atoms. The quantitative estimate of drug-likeness (QED) is 0.364. The number of carboxylic acid groups (broad SMARTS) is 1. The molecule has 1 aliphatic heterocycles. The van der Waals surface area contributed by atoms with Crippen molar-refractivity contribution in [3.63, 3.8) is 0 Å². The molecule has 1 fully saturated rings. The van der Waals surface area contributed by atoms with Crippen molar-refractivity contribution in [1.82, 2.24) is 9.88 Å². The zero-order valence-corrected chi connectivity index (χ0v) is 19.9. The van der Waals surface area contributed by atoms with Crippen LogP contribution in [0, 0.1) is 13.8 Å². The van der Waals surface area contributed by atoms with Gasteiger partial charge >= 0.3 is 5.97 Å². The molecule has 1 aliphatic rings. The lowest BCUT2D eigenvalue weighted by molar-refractivity contribution is -0.144. The highest BCUT2D eigenvalue weighted by molar-refractivity contribution is 7.21. The number of piperidine rings is 1. The van der Waals surface area contributed by atoms with Crippen molar-refractivity contribution in [2.24, 2.45) is 0 Å². The van der Waals surface area contributed by atoms with Crippen molar-refractivity contribution in [2.45, 2.75) is 45.7 Å². The Morgan fingerprint density at radius 1 is 1.06 bits per heavy atom. The molecule has 4 aromatic rings. The van der Waals surface area contributed by atoms with E-state index < -0.39 is 5.97 Å². The molecule has 0 saturated carbocycles. The molecule has 5 heteroatoms. The summed E-state index contributed by atoms with van der Waals surface area (Å²) >= 11 is 1.72. The third kappa shape index (κ3) is 4.31. The van der Waals surface area contributed by atoms with Gasteiger partial charge in [-0.3, -0.25) is 9.69 Å². The molecule has 1 saturated heterocycles. The van der Waals surface area contributed by atoms with Crippen LogP contribution in [0.5, 0.6) is 0 Å². The molecular weight excluding hydrogens is 428 g/mol. The van der Waals surface area contributed by atoms with Gasteiger partial charge in [0.1, 0.15) is 11.0 Å². The fraction of sp³-hybridized carbons (Fsp3) is 0.286. The molecule has 1 N–H and O–H groups in total. The zero-order chi connectivity index (χ0) is 22.9. The minimum Gasteiger partial charge on any atom is -0.480 e. The molecule has 5 rings (SSSR count). The van der Waals surface area contributed by atoms with E-state index in [-0.39, 0.29) is 6.04 Å². The van der Waals surface area contributed by atoms with E-state index in [2.05, 4.69) is 73.3 Å². The molecule has 0 bridgehead atoms. The second kappa shape index (κ2) is 9.08. The highest BCUT2D eigenvalue weighted by atomic mass is 32.1. The summed E-state index contributed by atoms with van der Waals surface area (Å²) in [5.74, 6) is -0.707. The molecule has 4 nitrogen and oxygen atoms in total. The van der Waals surface area contributed by atoms with Crippen molar-refractivity contribution >= 4 is 27.5 Å². The number of fused-ring (bicyclic) bond motifs is 1. The van der Waals surface area contributed by atoms with Gasteiger partial charge in [0, 0.05) is 12.1 Å². The maximum absolute atomic E-state index is 11.7. The third-order valence-electron chi connectivity index (χ3n) is 6.68. The number of hydrogen-bond acceptors (Lipinski definition) is 4. The number of hydrogen-bond donors (Lipinski definition) is 1. The second-order valence-corrected chi connectivity index (χ2v) is 9.97. The number of aliphatic carboxylic acids is 1. The van der Waals surface area contributed by atoms with E-state index in [0.717, 1.165) is 52.2 Å². The van der Waals surface area contributed by atoms with Gasteiger partial charge in [0.15, 0.2) is 0 Å². The number of rotatable bonds is 5.